The number of methoxy groups -OCH3 is 1. The first-order valence-corrected chi connectivity index (χ1v) is 11.5. The van der Waals surface area contributed by atoms with Crippen molar-refractivity contribution >= 4 is 34.8 Å². The zero-order chi connectivity index (χ0) is 23.9. The molecule has 5 rings (SSSR count). The molecule has 2 aliphatic rings. The third-order valence-corrected chi connectivity index (χ3v) is 6.36. The zero-order valence-corrected chi connectivity index (χ0v) is 20.1. The second-order valence-corrected chi connectivity index (χ2v) is 9.34. The molecule has 0 spiro atoms. The predicted octanol–water partition coefficient (Wildman–Crippen LogP) is 3.78. The number of hydrogen-bond acceptors (Lipinski definition) is 9. The van der Waals surface area contributed by atoms with Gasteiger partial charge in [-0.1, -0.05) is 19.9 Å². The molecule has 1 saturated heterocycles. The van der Waals surface area contributed by atoms with Crippen molar-refractivity contribution in [3.8, 4) is 5.75 Å². The molecule has 1 aromatic carbocycles. The highest BCUT2D eigenvalue weighted by atomic mass is 16.5. The topological polar surface area (TPSA) is 102 Å². The first-order valence-electron chi connectivity index (χ1n) is 11.5. The lowest BCUT2D eigenvalue weighted by Crippen LogP contribution is -2.36. The maximum atomic E-state index is 6.18. The van der Waals surface area contributed by atoms with Crippen LogP contribution in [0.5, 0.6) is 5.75 Å². The summed E-state index contributed by atoms with van der Waals surface area (Å²) in [6, 6.07) is 12.2. The van der Waals surface area contributed by atoms with Crippen molar-refractivity contribution in [2.75, 3.05) is 60.8 Å². The maximum Gasteiger partial charge on any atom is 0.223 e. The molecule has 0 saturated carbocycles. The highest BCUT2D eigenvalue weighted by Gasteiger charge is 2.41. The molecule has 0 aliphatic carbocycles. The molecule has 0 radical (unpaired) electrons. The Kier molecular flexibility index (Phi) is 5.65. The minimum absolute atomic E-state index is 0.209. The summed E-state index contributed by atoms with van der Waals surface area (Å²) in [6.07, 6.45) is 0. The largest absolute Gasteiger partial charge is 0.494 e. The number of fused-ring (bicyclic) bond motifs is 1. The molecule has 4 heterocycles. The van der Waals surface area contributed by atoms with Gasteiger partial charge in [0.25, 0.3) is 0 Å². The van der Waals surface area contributed by atoms with Crippen LogP contribution in [0.25, 0.3) is 0 Å². The zero-order valence-electron chi connectivity index (χ0n) is 20.1. The van der Waals surface area contributed by atoms with Crippen molar-refractivity contribution in [1.82, 2.24) is 15.0 Å². The summed E-state index contributed by atoms with van der Waals surface area (Å²) in [5.74, 6) is 3.18. The van der Waals surface area contributed by atoms with Gasteiger partial charge in [-0.05, 0) is 31.2 Å². The van der Waals surface area contributed by atoms with Crippen LogP contribution < -0.4 is 25.6 Å². The number of nitrogens with two attached hydrogens (primary N) is 1. The van der Waals surface area contributed by atoms with Gasteiger partial charge in [-0.25, -0.2) is 4.98 Å². The molecule has 3 N–H and O–H groups in total. The Morgan fingerprint density at radius 2 is 1.88 bits per heavy atom. The molecule has 34 heavy (non-hydrogen) atoms. The van der Waals surface area contributed by atoms with Crippen molar-refractivity contribution in [3.63, 3.8) is 0 Å². The Morgan fingerprint density at radius 1 is 1.09 bits per heavy atom. The van der Waals surface area contributed by atoms with Gasteiger partial charge in [-0.2, -0.15) is 9.97 Å². The predicted molar refractivity (Wildman–Crippen MR) is 135 cm³/mol. The highest BCUT2D eigenvalue weighted by molar-refractivity contribution is 5.80. The fourth-order valence-electron chi connectivity index (χ4n) is 4.76. The highest BCUT2D eigenvalue weighted by Crippen LogP contribution is 2.49. The molecule has 178 valence electrons. The van der Waals surface area contributed by atoms with Gasteiger partial charge in [-0.3, -0.25) is 0 Å². The van der Waals surface area contributed by atoms with E-state index in [-0.39, 0.29) is 11.4 Å². The average Bonchev–Trinajstić information content (AvgIpc) is 3.09. The number of nitrogens with zero attached hydrogens (tertiary/aromatic N) is 5. The van der Waals surface area contributed by atoms with Crippen LogP contribution in [0.3, 0.4) is 0 Å². The summed E-state index contributed by atoms with van der Waals surface area (Å²) in [4.78, 5) is 18.3. The van der Waals surface area contributed by atoms with Gasteiger partial charge in [0.15, 0.2) is 0 Å². The van der Waals surface area contributed by atoms with E-state index in [1.807, 2.05) is 25.1 Å². The van der Waals surface area contributed by atoms with Crippen LogP contribution in [0, 0.1) is 6.92 Å². The number of anilines is 6. The number of rotatable bonds is 5. The fraction of sp³-hybridized carbons (Fsp3) is 0.400. The molecule has 3 aromatic rings. The van der Waals surface area contributed by atoms with Gasteiger partial charge in [0, 0.05) is 48.1 Å². The quantitative estimate of drug-likeness (QED) is 0.588. The van der Waals surface area contributed by atoms with E-state index < -0.39 is 0 Å². The third-order valence-electron chi connectivity index (χ3n) is 6.36. The number of hydrogen-bond donors (Lipinski definition) is 2. The molecule has 9 heteroatoms. The van der Waals surface area contributed by atoms with Crippen LogP contribution in [0.2, 0.25) is 0 Å². The lowest BCUT2D eigenvalue weighted by Gasteiger charge is -2.30. The molecular formula is C25H31N7O2. The van der Waals surface area contributed by atoms with Crippen LogP contribution in [0.4, 0.5) is 34.8 Å². The van der Waals surface area contributed by atoms with E-state index in [9.17, 15) is 0 Å². The van der Waals surface area contributed by atoms with Crippen LogP contribution in [-0.4, -0.2) is 54.9 Å². The maximum absolute atomic E-state index is 6.18. The molecule has 1 fully saturated rings. The van der Waals surface area contributed by atoms with E-state index in [2.05, 4.69) is 62.1 Å². The summed E-state index contributed by atoms with van der Waals surface area (Å²) >= 11 is 0. The van der Waals surface area contributed by atoms with Gasteiger partial charge in [0.2, 0.25) is 5.95 Å². The summed E-state index contributed by atoms with van der Waals surface area (Å²) in [7, 11) is 1.70. The van der Waals surface area contributed by atoms with E-state index in [1.54, 1.807) is 7.11 Å². The van der Waals surface area contributed by atoms with E-state index in [1.165, 1.54) is 0 Å². The SMILES string of the molecule is COc1cc(N2CCOCC2)ccc1N1CC(C)(C)c2c(Nc3cccc(C)n3)nc(N)nc21. The van der Waals surface area contributed by atoms with E-state index >= 15 is 0 Å². The molecule has 2 aromatic heterocycles. The molecule has 0 atom stereocenters. The normalized spacial score (nSPS) is 16.9. The Hall–Kier alpha value is -3.59. The minimum atomic E-state index is -0.233. The number of benzene rings is 1. The van der Waals surface area contributed by atoms with Crippen molar-refractivity contribution in [3.05, 3.63) is 47.7 Å². The minimum Gasteiger partial charge on any atom is -0.494 e. The van der Waals surface area contributed by atoms with Gasteiger partial charge < -0.3 is 30.3 Å². The monoisotopic (exact) mass is 461 g/mol. The Bertz CT molecular complexity index is 1210. The molecule has 9 nitrogen and oxygen atoms in total. The number of nitrogen functional groups attached to an aromatic ring is 1. The van der Waals surface area contributed by atoms with Gasteiger partial charge >= 0.3 is 0 Å². The van der Waals surface area contributed by atoms with Crippen molar-refractivity contribution in [2.45, 2.75) is 26.2 Å². The van der Waals surface area contributed by atoms with Crippen LogP contribution in [-0.2, 0) is 10.2 Å². The van der Waals surface area contributed by atoms with Gasteiger partial charge in [0.1, 0.15) is 23.2 Å². The Balaban J connectivity index is 1.55. The Labute approximate surface area is 199 Å². The van der Waals surface area contributed by atoms with E-state index in [0.29, 0.717) is 12.4 Å². The second kappa shape index (κ2) is 8.64. The Morgan fingerprint density at radius 3 is 2.62 bits per heavy atom. The van der Waals surface area contributed by atoms with E-state index in [0.717, 1.165) is 66.3 Å². The fourth-order valence-corrected chi connectivity index (χ4v) is 4.76. The number of ether oxygens (including phenoxy) is 2. The molecule has 0 bridgehead atoms. The van der Waals surface area contributed by atoms with Crippen molar-refractivity contribution < 1.29 is 9.47 Å². The summed E-state index contributed by atoms with van der Waals surface area (Å²) in [5, 5.41) is 3.38. The van der Waals surface area contributed by atoms with Gasteiger partial charge in [-0.15, -0.1) is 0 Å². The lowest BCUT2D eigenvalue weighted by molar-refractivity contribution is 0.122. The summed E-state index contributed by atoms with van der Waals surface area (Å²) in [5.41, 5.74) is 9.94. The lowest BCUT2D eigenvalue weighted by atomic mass is 9.88. The summed E-state index contributed by atoms with van der Waals surface area (Å²) in [6.45, 7) is 10.3. The summed E-state index contributed by atoms with van der Waals surface area (Å²) < 4.78 is 11.3. The number of morpholine rings is 1. The number of pyridine rings is 1. The number of aryl methyl sites for hydroxylation is 1. The van der Waals surface area contributed by atoms with Crippen molar-refractivity contribution in [1.29, 1.82) is 0 Å². The first-order chi connectivity index (χ1) is 16.4. The molecule has 0 amide bonds. The average molecular weight is 462 g/mol. The molecular weight excluding hydrogens is 430 g/mol. The second-order valence-electron chi connectivity index (χ2n) is 9.34. The third kappa shape index (κ3) is 4.07. The number of nitrogens with one attached hydrogen (secondary N) is 1. The van der Waals surface area contributed by atoms with Crippen molar-refractivity contribution in [2.24, 2.45) is 0 Å². The molecule has 2 aliphatic heterocycles. The van der Waals surface area contributed by atoms with Crippen LogP contribution in [0.15, 0.2) is 36.4 Å². The molecule has 0 unspecified atom stereocenters. The first kappa shape index (κ1) is 22.2. The van der Waals surface area contributed by atoms with Crippen LogP contribution in [0.1, 0.15) is 25.1 Å². The number of aromatic nitrogens is 3. The standard InChI is InChI=1S/C25H31N7O2/c1-16-6-5-7-20(27-16)28-22-21-23(30-24(26)29-22)32(15-25(21,2)3)18-9-8-17(14-19(18)33-4)31-10-12-34-13-11-31/h5-9,14H,10-13,15H2,1-4H3,(H3,26,27,28,29,30). The van der Waals surface area contributed by atoms with E-state index in [4.69, 9.17) is 15.2 Å². The van der Waals surface area contributed by atoms with Crippen LogP contribution >= 0.6 is 0 Å². The van der Waals surface area contributed by atoms with Gasteiger partial charge in [0.05, 0.1) is 26.0 Å². The smallest absolute Gasteiger partial charge is 0.223 e.